The Kier molecular flexibility index (Phi) is 7.16. The van der Waals surface area contributed by atoms with Gasteiger partial charge in [-0.2, -0.15) is 0 Å². The first-order valence-corrected chi connectivity index (χ1v) is 19.5. The predicted octanol–water partition coefficient (Wildman–Crippen LogP) is 13.8. The average Bonchev–Trinajstić information content (AvgIpc) is 3.83. The second kappa shape index (κ2) is 12.8. The van der Waals surface area contributed by atoms with Crippen LogP contribution in [0.3, 0.4) is 0 Å². The third-order valence-corrected chi connectivity index (χ3v) is 11.4. The normalized spacial score (nSPS) is 11.8. The van der Waals surface area contributed by atoms with Crippen molar-refractivity contribution in [3.63, 3.8) is 0 Å². The van der Waals surface area contributed by atoms with Gasteiger partial charge < -0.3 is 8.98 Å². The lowest BCUT2D eigenvalue weighted by atomic mass is 10.0. The third-order valence-electron chi connectivity index (χ3n) is 11.4. The molecule has 5 nitrogen and oxygen atoms in total. The summed E-state index contributed by atoms with van der Waals surface area (Å²) in [5.74, 6) is 1.77. The maximum absolute atomic E-state index is 6.70. The Morgan fingerprint density at radius 3 is 1.69 bits per heavy atom. The maximum Gasteiger partial charge on any atom is 0.164 e. The molecule has 0 aliphatic carbocycles. The highest BCUT2D eigenvalue weighted by atomic mass is 16.3. The van der Waals surface area contributed by atoms with Crippen LogP contribution in [0.4, 0.5) is 0 Å². The van der Waals surface area contributed by atoms with Gasteiger partial charge in [0.2, 0.25) is 0 Å². The summed E-state index contributed by atoms with van der Waals surface area (Å²) < 4.78 is 9.08. The van der Waals surface area contributed by atoms with Crippen LogP contribution in [0.2, 0.25) is 0 Å². The first kappa shape index (κ1) is 32.4. The van der Waals surface area contributed by atoms with Crippen molar-refractivity contribution in [2.45, 2.75) is 0 Å². The van der Waals surface area contributed by atoms with Crippen LogP contribution in [-0.4, -0.2) is 19.5 Å². The molecule has 0 N–H and O–H groups in total. The quantitative estimate of drug-likeness (QED) is 0.176. The van der Waals surface area contributed by atoms with E-state index in [0.717, 1.165) is 77.2 Å². The van der Waals surface area contributed by atoms with Gasteiger partial charge in [-0.05, 0) is 75.1 Å². The van der Waals surface area contributed by atoms with Crippen molar-refractivity contribution in [1.82, 2.24) is 19.5 Å². The Morgan fingerprint density at radius 2 is 0.897 bits per heavy atom. The van der Waals surface area contributed by atoms with Crippen LogP contribution < -0.4 is 0 Å². The molecular weight excluding hydrogens is 709 g/mol. The molecule has 0 atom stereocenters. The number of hydrogen-bond donors (Lipinski definition) is 0. The van der Waals surface area contributed by atoms with Gasteiger partial charge in [0.05, 0.1) is 22.1 Å². The molecule has 5 heteroatoms. The van der Waals surface area contributed by atoms with Crippen molar-refractivity contribution in [1.29, 1.82) is 0 Å². The minimum absolute atomic E-state index is 0.565. The van der Waals surface area contributed by atoms with Gasteiger partial charge in [0.25, 0.3) is 0 Å². The number of hydrogen-bond acceptors (Lipinski definition) is 4. The first-order chi connectivity index (χ1) is 28.7. The Labute approximate surface area is 333 Å². The highest BCUT2D eigenvalue weighted by Crippen LogP contribution is 2.42. The van der Waals surface area contributed by atoms with Crippen LogP contribution in [-0.2, 0) is 0 Å². The second-order valence-electron chi connectivity index (χ2n) is 14.8. The number of furan rings is 1. The van der Waals surface area contributed by atoms with Gasteiger partial charge in [-0.15, -0.1) is 0 Å². The van der Waals surface area contributed by atoms with E-state index in [0.29, 0.717) is 17.5 Å². The van der Waals surface area contributed by atoms with Crippen LogP contribution in [0.25, 0.3) is 116 Å². The standard InChI is InChI=1S/C53H32N4O/c1-2-12-33(13-3-1)35-22-25-36(26-23-35)51-54-52(40-27-24-34-14-4-5-15-37(34)28-40)56-53(55-51)41-31-47(50-43-19-9-11-21-48(43)58-49(50)32-41)57-45-20-10-8-18-42(45)44-29-38-16-6-7-17-39(38)30-46(44)57/h1-32H. The molecule has 9 aromatic carbocycles. The Balaban J connectivity index is 1.13. The smallest absolute Gasteiger partial charge is 0.164 e. The Morgan fingerprint density at radius 1 is 0.328 bits per heavy atom. The molecule has 0 saturated carbocycles. The van der Waals surface area contributed by atoms with Crippen molar-refractivity contribution in [2.75, 3.05) is 0 Å². The third kappa shape index (κ3) is 5.21. The zero-order chi connectivity index (χ0) is 38.2. The number of rotatable bonds is 5. The van der Waals surface area contributed by atoms with Crippen molar-refractivity contribution in [3.8, 4) is 51.0 Å². The summed E-state index contributed by atoms with van der Waals surface area (Å²) in [7, 11) is 0. The van der Waals surface area contributed by atoms with E-state index in [9.17, 15) is 0 Å². The summed E-state index contributed by atoms with van der Waals surface area (Å²) in [5.41, 5.74) is 9.78. The fraction of sp³-hybridized carbons (Fsp3) is 0. The summed E-state index contributed by atoms with van der Waals surface area (Å²) in [5, 5.41) is 9.16. The molecule has 3 aromatic heterocycles. The molecule has 0 bridgehead atoms. The summed E-state index contributed by atoms with van der Waals surface area (Å²) >= 11 is 0. The molecule has 12 rings (SSSR count). The minimum atomic E-state index is 0.565. The van der Waals surface area contributed by atoms with Gasteiger partial charge in [-0.3, -0.25) is 0 Å². The van der Waals surface area contributed by atoms with Crippen LogP contribution >= 0.6 is 0 Å². The van der Waals surface area contributed by atoms with Gasteiger partial charge in [0, 0.05) is 32.8 Å². The molecular formula is C53H32N4O. The average molecular weight is 741 g/mol. The fourth-order valence-corrected chi connectivity index (χ4v) is 8.59. The topological polar surface area (TPSA) is 56.7 Å². The zero-order valence-electron chi connectivity index (χ0n) is 31.2. The van der Waals surface area contributed by atoms with Crippen LogP contribution in [0.15, 0.2) is 199 Å². The van der Waals surface area contributed by atoms with E-state index < -0.39 is 0 Å². The lowest BCUT2D eigenvalue weighted by Gasteiger charge is -2.13. The zero-order valence-corrected chi connectivity index (χ0v) is 31.2. The number of para-hydroxylation sites is 2. The molecule has 0 saturated heterocycles. The lowest BCUT2D eigenvalue weighted by Crippen LogP contribution is -2.01. The van der Waals surface area contributed by atoms with E-state index in [-0.39, 0.29) is 0 Å². The predicted molar refractivity (Wildman–Crippen MR) is 238 cm³/mol. The van der Waals surface area contributed by atoms with Crippen molar-refractivity contribution in [3.05, 3.63) is 194 Å². The molecule has 3 heterocycles. The molecule has 0 aliphatic rings. The first-order valence-electron chi connectivity index (χ1n) is 19.5. The van der Waals surface area contributed by atoms with Gasteiger partial charge in [-0.25, -0.2) is 15.0 Å². The summed E-state index contributed by atoms with van der Waals surface area (Å²) in [6, 6.07) is 68.1. The number of aromatic nitrogens is 4. The monoisotopic (exact) mass is 740 g/mol. The van der Waals surface area contributed by atoms with Gasteiger partial charge >= 0.3 is 0 Å². The van der Waals surface area contributed by atoms with Crippen molar-refractivity contribution < 1.29 is 4.42 Å². The van der Waals surface area contributed by atoms with E-state index in [2.05, 4.69) is 180 Å². The molecule has 0 aliphatic heterocycles. The SMILES string of the molecule is c1ccc(-c2ccc(-c3nc(-c4ccc5ccccc5c4)nc(-c4cc(-n5c6ccccc6c6cc7ccccc7cc65)c5c(c4)oc4ccccc45)n3)cc2)cc1. The van der Waals surface area contributed by atoms with E-state index in [1.165, 1.54) is 21.5 Å². The number of benzene rings is 9. The van der Waals surface area contributed by atoms with Crippen molar-refractivity contribution in [2.24, 2.45) is 0 Å². The summed E-state index contributed by atoms with van der Waals surface area (Å²) in [4.78, 5) is 15.6. The molecule has 0 unspecified atom stereocenters. The minimum Gasteiger partial charge on any atom is -0.456 e. The summed E-state index contributed by atoms with van der Waals surface area (Å²) in [6.07, 6.45) is 0. The van der Waals surface area contributed by atoms with Crippen LogP contribution in [0, 0.1) is 0 Å². The van der Waals surface area contributed by atoms with E-state index in [1.54, 1.807) is 0 Å². The molecule has 12 aromatic rings. The highest BCUT2D eigenvalue weighted by Gasteiger charge is 2.22. The van der Waals surface area contributed by atoms with Crippen LogP contribution in [0.1, 0.15) is 0 Å². The number of fused-ring (bicyclic) bond motifs is 8. The van der Waals surface area contributed by atoms with Gasteiger partial charge in [-0.1, -0.05) is 152 Å². The molecule has 0 radical (unpaired) electrons. The van der Waals surface area contributed by atoms with Crippen molar-refractivity contribution >= 4 is 65.3 Å². The lowest BCUT2D eigenvalue weighted by molar-refractivity contribution is 0.669. The maximum atomic E-state index is 6.70. The highest BCUT2D eigenvalue weighted by molar-refractivity contribution is 6.17. The summed E-state index contributed by atoms with van der Waals surface area (Å²) in [6.45, 7) is 0. The van der Waals surface area contributed by atoms with E-state index >= 15 is 0 Å². The molecule has 0 amide bonds. The Hall–Kier alpha value is -7.89. The number of nitrogens with zero attached hydrogens (tertiary/aromatic N) is 4. The molecule has 0 spiro atoms. The fourth-order valence-electron chi connectivity index (χ4n) is 8.59. The molecule has 270 valence electrons. The second-order valence-corrected chi connectivity index (χ2v) is 14.8. The molecule has 58 heavy (non-hydrogen) atoms. The Bertz CT molecular complexity index is 3560. The molecule has 0 fully saturated rings. The van der Waals surface area contributed by atoms with Crippen LogP contribution in [0.5, 0.6) is 0 Å². The van der Waals surface area contributed by atoms with E-state index in [1.807, 2.05) is 18.2 Å². The van der Waals surface area contributed by atoms with E-state index in [4.69, 9.17) is 19.4 Å². The largest absolute Gasteiger partial charge is 0.456 e. The van der Waals surface area contributed by atoms with Gasteiger partial charge in [0.15, 0.2) is 17.5 Å². The van der Waals surface area contributed by atoms with Gasteiger partial charge in [0.1, 0.15) is 11.2 Å².